The van der Waals surface area contributed by atoms with Gasteiger partial charge in [0.25, 0.3) is 0 Å². The largest absolute Gasteiger partial charge is 0.369 e. The molecule has 122 valence electrons. The fraction of sp³-hybridized carbons (Fsp3) is 0.550. The minimum Gasteiger partial charge on any atom is -0.369 e. The van der Waals surface area contributed by atoms with Crippen LogP contribution in [0.4, 0.5) is 5.69 Å². The molecule has 0 amide bonds. The number of nitrogens with zero attached hydrogens (tertiary/aromatic N) is 2. The quantitative estimate of drug-likeness (QED) is 0.630. The lowest BCUT2D eigenvalue weighted by molar-refractivity contribution is 0.101. The number of allylic oxidation sites excluding steroid dienone is 2. The van der Waals surface area contributed by atoms with Gasteiger partial charge in [0.15, 0.2) is 5.78 Å². The predicted molar refractivity (Wildman–Crippen MR) is 93.9 cm³/mol. The predicted octanol–water partition coefficient (Wildman–Crippen LogP) is 3.22. The Morgan fingerprint density at radius 3 is 2.35 bits per heavy atom. The van der Waals surface area contributed by atoms with Gasteiger partial charge < -0.3 is 4.90 Å². The summed E-state index contributed by atoms with van der Waals surface area (Å²) in [5.41, 5.74) is 2.05. The average molecular weight is 310 g/mol. The summed E-state index contributed by atoms with van der Waals surface area (Å²) in [5.74, 6) is 2.77. The number of Topliss-reactive ketones (excluding diaryl/α,β-unsaturated/α-hetero) is 1. The number of anilines is 1. The molecule has 0 radical (unpaired) electrons. The summed E-state index contributed by atoms with van der Waals surface area (Å²) in [6.07, 6.45) is 7.72. The van der Waals surface area contributed by atoms with Crippen LogP contribution in [0, 0.1) is 17.8 Å². The second-order valence-electron chi connectivity index (χ2n) is 7.43. The van der Waals surface area contributed by atoms with Crippen molar-refractivity contribution in [2.45, 2.75) is 19.8 Å². The number of hydrogen-bond acceptors (Lipinski definition) is 3. The Labute approximate surface area is 139 Å². The van der Waals surface area contributed by atoms with Crippen LogP contribution in [0.15, 0.2) is 36.4 Å². The van der Waals surface area contributed by atoms with Gasteiger partial charge in [0.2, 0.25) is 0 Å². The standard InChI is InChI=1S/C20H26N2O/c1-15(23)17-4-6-20(7-5-17)22-10-8-21(9-11-22)14-19-13-16-2-3-18(19)12-16/h2-7,16,18-19H,8-14H2,1H3/t16-,18+,19+/m1/s1. The lowest BCUT2D eigenvalue weighted by Crippen LogP contribution is -2.48. The zero-order valence-corrected chi connectivity index (χ0v) is 13.9. The van der Waals surface area contributed by atoms with Crippen molar-refractivity contribution in [3.05, 3.63) is 42.0 Å². The second kappa shape index (κ2) is 6.12. The normalized spacial score (nSPS) is 30.1. The Morgan fingerprint density at radius 2 is 1.78 bits per heavy atom. The number of carbonyl (C=O) groups is 1. The van der Waals surface area contributed by atoms with E-state index in [0.29, 0.717) is 0 Å². The van der Waals surface area contributed by atoms with Crippen LogP contribution in [-0.2, 0) is 0 Å². The maximum absolute atomic E-state index is 11.4. The van der Waals surface area contributed by atoms with Gasteiger partial charge in [-0.1, -0.05) is 12.2 Å². The Balaban J connectivity index is 1.30. The van der Waals surface area contributed by atoms with E-state index in [-0.39, 0.29) is 5.78 Å². The summed E-state index contributed by atoms with van der Waals surface area (Å²) in [4.78, 5) is 16.5. The summed E-state index contributed by atoms with van der Waals surface area (Å²) >= 11 is 0. The van der Waals surface area contributed by atoms with Crippen molar-refractivity contribution in [3.8, 4) is 0 Å². The first-order chi connectivity index (χ1) is 11.2. The van der Waals surface area contributed by atoms with Crippen molar-refractivity contribution in [2.24, 2.45) is 17.8 Å². The highest BCUT2D eigenvalue weighted by Crippen LogP contribution is 2.43. The molecule has 2 aliphatic carbocycles. The van der Waals surface area contributed by atoms with Gasteiger partial charge in [-0.25, -0.2) is 0 Å². The Morgan fingerprint density at radius 1 is 1.04 bits per heavy atom. The molecule has 4 rings (SSSR count). The van der Waals surface area contributed by atoms with Crippen LogP contribution in [0.2, 0.25) is 0 Å². The summed E-state index contributed by atoms with van der Waals surface area (Å²) in [5, 5.41) is 0. The highest BCUT2D eigenvalue weighted by molar-refractivity contribution is 5.94. The van der Waals surface area contributed by atoms with E-state index in [1.54, 1.807) is 6.92 Å². The molecule has 1 saturated heterocycles. The maximum atomic E-state index is 11.4. The van der Waals surface area contributed by atoms with Gasteiger partial charge in [-0.05, 0) is 61.8 Å². The van der Waals surface area contributed by atoms with Gasteiger partial charge in [0.05, 0.1) is 0 Å². The van der Waals surface area contributed by atoms with Crippen molar-refractivity contribution < 1.29 is 4.79 Å². The van der Waals surface area contributed by atoms with Crippen LogP contribution in [0.5, 0.6) is 0 Å². The maximum Gasteiger partial charge on any atom is 0.159 e. The molecule has 0 spiro atoms. The van der Waals surface area contributed by atoms with Gasteiger partial charge in [-0.3, -0.25) is 9.69 Å². The smallest absolute Gasteiger partial charge is 0.159 e. The first-order valence-corrected chi connectivity index (χ1v) is 8.95. The van der Waals surface area contributed by atoms with Crippen LogP contribution in [-0.4, -0.2) is 43.4 Å². The molecule has 0 unspecified atom stereocenters. The van der Waals surface area contributed by atoms with Crippen LogP contribution >= 0.6 is 0 Å². The van der Waals surface area contributed by atoms with Crippen LogP contribution < -0.4 is 4.90 Å². The van der Waals surface area contributed by atoms with E-state index < -0.39 is 0 Å². The molecule has 3 atom stereocenters. The number of benzene rings is 1. The lowest BCUT2D eigenvalue weighted by Gasteiger charge is -2.38. The minimum atomic E-state index is 0.140. The molecule has 1 aliphatic heterocycles. The van der Waals surface area contributed by atoms with Crippen LogP contribution in [0.25, 0.3) is 0 Å². The third-order valence-electron chi connectivity index (χ3n) is 5.92. The molecule has 1 aromatic carbocycles. The van der Waals surface area contributed by atoms with Crippen LogP contribution in [0.1, 0.15) is 30.1 Å². The van der Waals surface area contributed by atoms with Gasteiger partial charge >= 0.3 is 0 Å². The van der Waals surface area contributed by atoms with E-state index >= 15 is 0 Å². The number of rotatable bonds is 4. The van der Waals surface area contributed by atoms with Gasteiger partial charge in [-0.2, -0.15) is 0 Å². The SMILES string of the molecule is CC(=O)c1ccc(N2CCN(C[C@@H]3C[C@@H]4C=C[C@H]3C4)CC2)cc1. The van der Waals surface area contributed by atoms with Gasteiger partial charge in [-0.15, -0.1) is 0 Å². The van der Waals surface area contributed by atoms with E-state index in [2.05, 4.69) is 34.1 Å². The van der Waals surface area contributed by atoms with E-state index in [4.69, 9.17) is 0 Å². The molecular formula is C20H26N2O. The Bertz CT molecular complexity index is 599. The molecule has 2 bridgehead atoms. The first kappa shape index (κ1) is 14.9. The molecule has 0 aromatic heterocycles. The number of hydrogen-bond donors (Lipinski definition) is 0. The highest BCUT2D eigenvalue weighted by atomic mass is 16.1. The van der Waals surface area contributed by atoms with Gasteiger partial charge in [0.1, 0.15) is 0 Å². The molecule has 3 heteroatoms. The molecule has 1 saturated carbocycles. The molecule has 23 heavy (non-hydrogen) atoms. The summed E-state index contributed by atoms with van der Waals surface area (Å²) < 4.78 is 0. The van der Waals surface area contributed by atoms with Crippen molar-refractivity contribution in [3.63, 3.8) is 0 Å². The fourth-order valence-corrected chi connectivity index (χ4v) is 4.53. The van der Waals surface area contributed by atoms with E-state index in [1.807, 2.05) is 12.1 Å². The number of piperazine rings is 1. The summed E-state index contributed by atoms with van der Waals surface area (Å²) in [6.45, 7) is 7.41. The lowest BCUT2D eigenvalue weighted by atomic mass is 9.93. The monoisotopic (exact) mass is 310 g/mol. The fourth-order valence-electron chi connectivity index (χ4n) is 4.53. The third kappa shape index (κ3) is 3.07. The van der Waals surface area contributed by atoms with E-state index in [1.165, 1.54) is 25.1 Å². The zero-order chi connectivity index (χ0) is 15.8. The Kier molecular flexibility index (Phi) is 3.98. The molecule has 3 nitrogen and oxygen atoms in total. The molecule has 1 aromatic rings. The summed E-state index contributed by atoms with van der Waals surface area (Å²) in [6, 6.07) is 8.08. The minimum absolute atomic E-state index is 0.140. The van der Waals surface area contributed by atoms with Crippen molar-refractivity contribution >= 4 is 11.5 Å². The highest BCUT2D eigenvalue weighted by Gasteiger charge is 2.36. The van der Waals surface area contributed by atoms with Crippen molar-refractivity contribution in [2.75, 3.05) is 37.6 Å². The number of carbonyl (C=O) groups excluding carboxylic acids is 1. The second-order valence-corrected chi connectivity index (χ2v) is 7.43. The zero-order valence-electron chi connectivity index (χ0n) is 13.9. The number of ketones is 1. The molecule has 1 heterocycles. The third-order valence-corrected chi connectivity index (χ3v) is 5.92. The summed E-state index contributed by atoms with van der Waals surface area (Å²) in [7, 11) is 0. The molecular weight excluding hydrogens is 284 g/mol. The van der Waals surface area contributed by atoms with Gasteiger partial charge in [0, 0.05) is 44.0 Å². The average Bonchev–Trinajstić information content (AvgIpc) is 3.18. The molecule has 0 N–H and O–H groups in total. The van der Waals surface area contributed by atoms with Crippen molar-refractivity contribution in [1.29, 1.82) is 0 Å². The molecule has 2 fully saturated rings. The van der Waals surface area contributed by atoms with E-state index in [9.17, 15) is 4.79 Å². The number of fused-ring (bicyclic) bond motifs is 2. The van der Waals surface area contributed by atoms with Crippen LogP contribution in [0.3, 0.4) is 0 Å². The first-order valence-electron chi connectivity index (χ1n) is 8.95. The van der Waals surface area contributed by atoms with E-state index in [0.717, 1.165) is 49.5 Å². The van der Waals surface area contributed by atoms with Crippen molar-refractivity contribution in [1.82, 2.24) is 4.90 Å². The Hall–Kier alpha value is -1.61. The topological polar surface area (TPSA) is 23.6 Å². The molecule has 3 aliphatic rings.